The molecule has 1 heterocycles. The Morgan fingerprint density at radius 1 is 1.00 bits per heavy atom. The Kier molecular flexibility index (Phi) is 6.51. The topological polar surface area (TPSA) is 79.6 Å². The molecule has 2 aromatic carbocycles. The molecular weight excluding hydrogens is 400 g/mol. The largest absolute Gasteiger partial charge is 0.468 e. The third-order valence-corrected chi connectivity index (χ3v) is 6.07. The maximum absolute atomic E-state index is 13.0. The molecule has 28 heavy (non-hydrogen) atoms. The van der Waals surface area contributed by atoms with Crippen LogP contribution in [-0.4, -0.2) is 25.2 Å². The van der Waals surface area contributed by atoms with E-state index in [0.29, 0.717) is 17.3 Å². The molecule has 0 radical (unpaired) electrons. The summed E-state index contributed by atoms with van der Waals surface area (Å²) in [4.78, 5) is 12.5. The van der Waals surface area contributed by atoms with Gasteiger partial charge in [0, 0.05) is 11.6 Å². The maximum atomic E-state index is 13.0. The molecule has 1 amide bonds. The summed E-state index contributed by atoms with van der Waals surface area (Å²) in [5.41, 5.74) is 0.925. The van der Waals surface area contributed by atoms with Crippen LogP contribution in [0.3, 0.4) is 0 Å². The van der Waals surface area contributed by atoms with Crippen molar-refractivity contribution in [2.75, 3.05) is 6.54 Å². The summed E-state index contributed by atoms with van der Waals surface area (Å²) in [6.07, 6.45) is 1.46. The molecule has 0 spiro atoms. The molecule has 8 heteroatoms. The van der Waals surface area contributed by atoms with Crippen LogP contribution in [0, 0.1) is 0 Å². The van der Waals surface area contributed by atoms with Gasteiger partial charge in [-0.1, -0.05) is 41.9 Å². The van der Waals surface area contributed by atoms with Crippen LogP contribution in [0.15, 0.2) is 82.3 Å². The van der Waals surface area contributed by atoms with Gasteiger partial charge in [0.15, 0.2) is 0 Å². The third-order valence-electron chi connectivity index (χ3n) is 4.02. The van der Waals surface area contributed by atoms with Gasteiger partial charge in [-0.25, -0.2) is 8.42 Å². The van der Waals surface area contributed by atoms with Crippen molar-refractivity contribution < 1.29 is 17.6 Å². The van der Waals surface area contributed by atoms with Gasteiger partial charge < -0.3 is 9.73 Å². The van der Waals surface area contributed by atoms with Crippen molar-refractivity contribution in [3.63, 3.8) is 0 Å². The highest BCUT2D eigenvalue weighted by Gasteiger charge is 2.27. The molecule has 0 aliphatic heterocycles. The van der Waals surface area contributed by atoms with Crippen LogP contribution < -0.4 is 5.32 Å². The van der Waals surface area contributed by atoms with E-state index in [4.69, 9.17) is 16.0 Å². The number of rotatable bonds is 8. The lowest BCUT2D eigenvalue weighted by molar-refractivity contribution is -0.121. The predicted molar refractivity (Wildman–Crippen MR) is 106 cm³/mol. The number of carbonyl (C=O) groups is 1. The molecule has 0 bridgehead atoms. The lowest BCUT2D eigenvalue weighted by Crippen LogP contribution is -2.40. The molecule has 0 unspecified atom stereocenters. The van der Waals surface area contributed by atoms with E-state index in [-0.39, 0.29) is 18.0 Å². The zero-order chi connectivity index (χ0) is 20.0. The molecule has 0 saturated carbocycles. The van der Waals surface area contributed by atoms with E-state index in [9.17, 15) is 13.2 Å². The fraction of sp³-hybridized carbons (Fsp3) is 0.150. The fourth-order valence-electron chi connectivity index (χ4n) is 2.57. The number of sulfonamides is 1. The zero-order valence-corrected chi connectivity index (χ0v) is 16.5. The van der Waals surface area contributed by atoms with Gasteiger partial charge in [-0.15, -0.1) is 0 Å². The standard InChI is InChI=1S/C20H19ClN2O4S/c21-17-8-10-19(11-9-17)28(25,26)23(14-18-7-4-12-27-18)15-20(24)22-13-16-5-2-1-3-6-16/h1-12H,13-15H2,(H,22,24). The highest BCUT2D eigenvalue weighted by molar-refractivity contribution is 7.89. The minimum absolute atomic E-state index is 0.0549. The molecule has 0 fully saturated rings. The Labute approximate surface area is 168 Å². The number of amides is 1. The van der Waals surface area contributed by atoms with Crippen LogP contribution in [-0.2, 0) is 27.9 Å². The molecule has 146 valence electrons. The lowest BCUT2D eigenvalue weighted by atomic mass is 10.2. The maximum Gasteiger partial charge on any atom is 0.243 e. The van der Waals surface area contributed by atoms with E-state index >= 15 is 0 Å². The number of nitrogens with zero attached hydrogens (tertiary/aromatic N) is 1. The second-order valence-corrected chi connectivity index (χ2v) is 8.44. The van der Waals surface area contributed by atoms with Crippen LogP contribution in [0.4, 0.5) is 0 Å². The molecular formula is C20H19ClN2O4S. The van der Waals surface area contributed by atoms with Gasteiger partial charge >= 0.3 is 0 Å². The minimum Gasteiger partial charge on any atom is -0.468 e. The van der Waals surface area contributed by atoms with E-state index in [2.05, 4.69) is 5.32 Å². The normalized spacial score (nSPS) is 11.5. The second kappa shape index (κ2) is 9.05. The highest BCUT2D eigenvalue weighted by atomic mass is 35.5. The summed E-state index contributed by atoms with van der Waals surface area (Å²) in [5.74, 6) is 0.0290. The quantitative estimate of drug-likeness (QED) is 0.607. The predicted octanol–water partition coefficient (Wildman–Crippen LogP) is 3.44. The summed E-state index contributed by atoms with van der Waals surface area (Å²) < 4.78 is 32.4. The highest BCUT2D eigenvalue weighted by Crippen LogP contribution is 2.20. The van der Waals surface area contributed by atoms with Crippen molar-refractivity contribution in [3.8, 4) is 0 Å². The van der Waals surface area contributed by atoms with Crippen molar-refractivity contribution >= 4 is 27.5 Å². The zero-order valence-electron chi connectivity index (χ0n) is 14.9. The summed E-state index contributed by atoms with van der Waals surface area (Å²) in [6.45, 7) is -0.0789. The second-order valence-electron chi connectivity index (χ2n) is 6.07. The Hall–Kier alpha value is -2.61. The van der Waals surface area contributed by atoms with Crippen LogP contribution >= 0.6 is 11.6 Å². The Morgan fingerprint density at radius 3 is 2.36 bits per heavy atom. The van der Waals surface area contributed by atoms with Crippen LogP contribution in [0.25, 0.3) is 0 Å². The first-order valence-corrected chi connectivity index (χ1v) is 10.4. The van der Waals surface area contributed by atoms with Crippen molar-refractivity contribution in [1.82, 2.24) is 9.62 Å². The first-order chi connectivity index (χ1) is 13.4. The summed E-state index contributed by atoms with van der Waals surface area (Å²) in [6, 6.07) is 18.5. The Morgan fingerprint density at radius 2 is 1.71 bits per heavy atom. The van der Waals surface area contributed by atoms with Crippen LogP contribution in [0.5, 0.6) is 0 Å². The number of carbonyl (C=O) groups excluding carboxylic acids is 1. The lowest BCUT2D eigenvalue weighted by Gasteiger charge is -2.21. The number of benzene rings is 2. The van der Waals surface area contributed by atoms with Crippen molar-refractivity contribution in [2.45, 2.75) is 18.0 Å². The average Bonchev–Trinajstić information content (AvgIpc) is 3.20. The first kappa shape index (κ1) is 20.1. The fourth-order valence-corrected chi connectivity index (χ4v) is 4.06. The summed E-state index contributed by atoms with van der Waals surface area (Å²) >= 11 is 5.85. The Bertz CT molecular complexity index is 1000. The molecule has 1 aromatic heterocycles. The summed E-state index contributed by atoms with van der Waals surface area (Å²) in [7, 11) is -3.92. The van der Waals surface area contributed by atoms with Gasteiger partial charge in [-0.3, -0.25) is 4.79 Å². The van der Waals surface area contributed by atoms with Crippen molar-refractivity contribution in [2.24, 2.45) is 0 Å². The third kappa shape index (κ3) is 5.22. The monoisotopic (exact) mass is 418 g/mol. The number of halogens is 1. The number of furan rings is 1. The molecule has 3 aromatic rings. The molecule has 0 aliphatic carbocycles. The molecule has 3 rings (SSSR count). The van der Waals surface area contributed by atoms with E-state index in [1.165, 1.54) is 30.5 Å². The van der Waals surface area contributed by atoms with Gasteiger partial charge in [0.25, 0.3) is 0 Å². The van der Waals surface area contributed by atoms with Crippen LogP contribution in [0.2, 0.25) is 5.02 Å². The van der Waals surface area contributed by atoms with Crippen LogP contribution in [0.1, 0.15) is 11.3 Å². The molecule has 6 nitrogen and oxygen atoms in total. The van der Waals surface area contributed by atoms with Gasteiger partial charge in [0.1, 0.15) is 5.76 Å². The van der Waals surface area contributed by atoms with E-state index in [0.717, 1.165) is 9.87 Å². The van der Waals surface area contributed by atoms with E-state index < -0.39 is 15.9 Å². The SMILES string of the molecule is O=C(CN(Cc1ccco1)S(=O)(=O)c1ccc(Cl)cc1)NCc1ccccc1. The summed E-state index contributed by atoms with van der Waals surface area (Å²) in [5, 5.41) is 3.17. The minimum atomic E-state index is -3.92. The van der Waals surface area contributed by atoms with Gasteiger partial charge in [0.05, 0.1) is 24.2 Å². The smallest absolute Gasteiger partial charge is 0.243 e. The molecule has 0 aliphatic rings. The van der Waals surface area contributed by atoms with Gasteiger partial charge in [-0.2, -0.15) is 4.31 Å². The molecule has 0 atom stereocenters. The molecule has 1 N–H and O–H groups in total. The van der Waals surface area contributed by atoms with Gasteiger partial charge in [0.2, 0.25) is 15.9 Å². The average molecular weight is 419 g/mol. The Balaban J connectivity index is 1.76. The number of nitrogens with one attached hydrogen (secondary N) is 1. The number of hydrogen-bond acceptors (Lipinski definition) is 4. The van der Waals surface area contributed by atoms with Crippen molar-refractivity contribution in [3.05, 3.63) is 89.3 Å². The van der Waals surface area contributed by atoms with E-state index in [1.54, 1.807) is 12.1 Å². The number of hydrogen-bond donors (Lipinski definition) is 1. The van der Waals surface area contributed by atoms with Crippen molar-refractivity contribution in [1.29, 1.82) is 0 Å². The molecule has 0 saturated heterocycles. The van der Waals surface area contributed by atoms with Gasteiger partial charge in [-0.05, 0) is 42.0 Å². The van der Waals surface area contributed by atoms with E-state index in [1.807, 2.05) is 30.3 Å². The first-order valence-electron chi connectivity index (χ1n) is 8.54.